The number of imidazole rings is 1. The summed E-state index contributed by atoms with van der Waals surface area (Å²) in [6.07, 6.45) is 5.92. The van der Waals surface area contributed by atoms with Crippen LogP contribution in [-0.4, -0.2) is 20.4 Å². The van der Waals surface area contributed by atoms with Crippen LogP contribution in [0.2, 0.25) is 0 Å². The number of carbonyl (C=O) groups is 1. The maximum absolute atomic E-state index is 12.8. The molecule has 3 rings (SSSR count). The fraction of sp³-hybridized carbons (Fsp3) is 0.364. The molecule has 0 atom stereocenters. The van der Waals surface area contributed by atoms with Crippen molar-refractivity contribution in [2.24, 2.45) is 5.92 Å². The van der Waals surface area contributed by atoms with E-state index in [2.05, 4.69) is 42.5 Å². The van der Waals surface area contributed by atoms with Gasteiger partial charge in [-0.2, -0.15) is 0 Å². The molecule has 0 spiro atoms. The summed E-state index contributed by atoms with van der Waals surface area (Å²) in [5.74, 6) is 2.08. The van der Waals surface area contributed by atoms with E-state index in [1.807, 2.05) is 35.4 Å². The molecule has 0 aliphatic heterocycles. The first-order chi connectivity index (χ1) is 13.0. The van der Waals surface area contributed by atoms with Crippen LogP contribution in [0.4, 0.5) is 0 Å². The minimum Gasteiger partial charge on any atom is -0.467 e. The number of aromatic nitrogens is 2. The number of amides is 1. The van der Waals surface area contributed by atoms with Gasteiger partial charge < -0.3 is 13.9 Å². The van der Waals surface area contributed by atoms with E-state index in [4.69, 9.17) is 4.42 Å². The Balaban J connectivity index is 1.78. The van der Waals surface area contributed by atoms with Gasteiger partial charge in [0.25, 0.3) is 0 Å². The molecular weight excluding hydrogens is 338 g/mol. The summed E-state index contributed by atoms with van der Waals surface area (Å²) in [5.41, 5.74) is 2.50. The lowest BCUT2D eigenvalue weighted by Crippen LogP contribution is -2.32. The maximum atomic E-state index is 12.8. The van der Waals surface area contributed by atoms with Crippen molar-refractivity contribution in [3.8, 4) is 0 Å². The lowest BCUT2D eigenvalue weighted by atomic mass is 10.1. The van der Waals surface area contributed by atoms with Gasteiger partial charge in [0.05, 0.1) is 19.4 Å². The predicted octanol–water partition coefficient (Wildman–Crippen LogP) is 4.41. The summed E-state index contributed by atoms with van der Waals surface area (Å²) in [6, 6.07) is 12.1. The number of hydrogen-bond acceptors (Lipinski definition) is 3. The number of aryl methyl sites for hydroxylation is 1. The second-order valence-electron chi connectivity index (χ2n) is 7.32. The average molecular weight is 365 g/mol. The second-order valence-corrected chi connectivity index (χ2v) is 7.32. The smallest absolute Gasteiger partial charge is 0.223 e. The Morgan fingerprint density at radius 1 is 1.19 bits per heavy atom. The van der Waals surface area contributed by atoms with Crippen LogP contribution >= 0.6 is 0 Å². The van der Waals surface area contributed by atoms with Crippen molar-refractivity contribution in [1.29, 1.82) is 0 Å². The molecule has 0 N–H and O–H groups in total. The van der Waals surface area contributed by atoms with Crippen molar-refractivity contribution in [3.05, 3.63) is 77.8 Å². The standard InChI is InChI=1S/C22H27N3O2/c1-17(2)13-22(26)25(15-20-9-6-12-27-20)16-21-23-10-11-24(21)14-19-8-5-4-7-18(19)3/h4-12,17H,13-16H2,1-3H3. The summed E-state index contributed by atoms with van der Waals surface area (Å²) in [6.45, 7) is 7.89. The number of hydrogen-bond donors (Lipinski definition) is 0. The van der Waals surface area contributed by atoms with Crippen LogP contribution in [0.5, 0.6) is 0 Å². The molecule has 0 saturated carbocycles. The second kappa shape index (κ2) is 8.71. The summed E-state index contributed by atoms with van der Waals surface area (Å²) >= 11 is 0. The Bertz CT molecular complexity index is 865. The van der Waals surface area contributed by atoms with E-state index in [1.54, 1.807) is 12.5 Å². The third-order valence-corrected chi connectivity index (χ3v) is 4.60. The monoisotopic (exact) mass is 365 g/mol. The third-order valence-electron chi connectivity index (χ3n) is 4.60. The molecule has 0 aliphatic rings. The lowest BCUT2D eigenvalue weighted by molar-refractivity contribution is -0.133. The molecule has 0 saturated heterocycles. The van der Waals surface area contributed by atoms with E-state index in [0.29, 0.717) is 25.4 Å². The molecule has 3 aromatic rings. The quantitative estimate of drug-likeness (QED) is 0.594. The minimum atomic E-state index is 0.117. The molecule has 142 valence electrons. The van der Waals surface area contributed by atoms with Gasteiger partial charge in [-0.05, 0) is 36.1 Å². The highest BCUT2D eigenvalue weighted by molar-refractivity contribution is 5.76. The van der Waals surface area contributed by atoms with Crippen molar-refractivity contribution >= 4 is 5.91 Å². The average Bonchev–Trinajstić information content (AvgIpc) is 3.28. The van der Waals surface area contributed by atoms with Gasteiger partial charge in [0.2, 0.25) is 5.91 Å². The van der Waals surface area contributed by atoms with Crippen molar-refractivity contribution < 1.29 is 9.21 Å². The molecule has 1 aromatic carbocycles. The maximum Gasteiger partial charge on any atom is 0.223 e. The molecule has 2 heterocycles. The van der Waals surface area contributed by atoms with Gasteiger partial charge in [0, 0.05) is 25.4 Å². The zero-order valence-corrected chi connectivity index (χ0v) is 16.3. The molecule has 0 radical (unpaired) electrons. The van der Waals surface area contributed by atoms with Crippen LogP contribution in [-0.2, 0) is 24.4 Å². The van der Waals surface area contributed by atoms with Gasteiger partial charge in [-0.1, -0.05) is 38.1 Å². The first-order valence-corrected chi connectivity index (χ1v) is 9.37. The third kappa shape index (κ3) is 5.09. The Hall–Kier alpha value is -2.82. The molecule has 5 nitrogen and oxygen atoms in total. The summed E-state index contributed by atoms with van der Waals surface area (Å²) < 4.78 is 7.57. The van der Waals surface area contributed by atoms with E-state index in [1.165, 1.54) is 11.1 Å². The highest BCUT2D eigenvalue weighted by Gasteiger charge is 2.19. The number of rotatable bonds is 8. The Morgan fingerprint density at radius 3 is 2.70 bits per heavy atom. The van der Waals surface area contributed by atoms with E-state index in [0.717, 1.165) is 18.1 Å². The number of nitrogens with zero attached hydrogens (tertiary/aromatic N) is 3. The van der Waals surface area contributed by atoms with Gasteiger partial charge in [0.1, 0.15) is 11.6 Å². The number of furan rings is 1. The Morgan fingerprint density at radius 2 is 2.00 bits per heavy atom. The first kappa shape index (κ1) is 19.0. The summed E-state index contributed by atoms with van der Waals surface area (Å²) in [4.78, 5) is 19.1. The molecule has 2 aromatic heterocycles. The molecule has 5 heteroatoms. The van der Waals surface area contributed by atoms with Crippen LogP contribution in [0, 0.1) is 12.8 Å². The van der Waals surface area contributed by atoms with Crippen LogP contribution < -0.4 is 0 Å². The molecule has 0 unspecified atom stereocenters. The first-order valence-electron chi connectivity index (χ1n) is 9.37. The summed E-state index contributed by atoms with van der Waals surface area (Å²) in [5, 5.41) is 0. The van der Waals surface area contributed by atoms with Crippen LogP contribution in [0.25, 0.3) is 0 Å². The lowest BCUT2D eigenvalue weighted by Gasteiger charge is -2.23. The molecular formula is C22H27N3O2. The van der Waals surface area contributed by atoms with Crippen molar-refractivity contribution in [2.75, 3.05) is 0 Å². The normalized spacial score (nSPS) is 11.1. The molecule has 1 amide bonds. The Labute approximate surface area is 160 Å². The van der Waals surface area contributed by atoms with Gasteiger partial charge in [0.15, 0.2) is 0 Å². The number of carbonyl (C=O) groups excluding carboxylic acids is 1. The molecule has 0 bridgehead atoms. The zero-order valence-electron chi connectivity index (χ0n) is 16.3. The van der Waals surface area contributed by atoms with E-state index < -0.39 is 0 Å². The molecule has 0 aliphatic carbocycles. The molecule has 0 fully saturated rings. The van der Waals surface area contributed by atoms with Crippen molar-refractivity contribution in [1.82, 2.24) is 14.5 Å². The van der Waals surface area contributed by atoms with E-state index in [9.17, 15) is 4.79 Å². The van der Waals surface area contributed by atoms with Gasteiger partial charge in [-0.15, -0.1) is 0 Å². The van der Waals surface area contributed by atoms with E-state index >= 15 is 0 Å². The zero-order chi connectivity index (χ0) is 19.2. The largest absolute Gasteiger partial charge is 0.467 e. The minimum absolute atomic E-state index is 0.117. The Kier molecular flexibility index (Phi) is 6.12. The van der Waals surface area contributed by atoms with Crippen LogP contribution in [0.15, 0.2) is 59.5 Å². The highest BCUT2D eigenvalue weighted by Crippen LogP contribution is 2.16. The van der Waals surface area contributed by atoms with Gasteiger partial charge in [-0.3, -0.25) is 4.79 Å². The van der Waals surface area contributed by atoms with Crippen molar-refractivity contribution in [3.63, 3.8) is 0 Å². The highest BCUT2D eigenvalue weighted by atomic mass is 16.3. The van der Waals surface area contributed by atoms with Crippen molar-refractivity contribution in [2.45, 2.75) is 46.8 Å². The SMILES string of the molecule is Cc1ccccc1Cn1ccnc1CN(Cc1ccco1)C(=O)CC(C)C. The van der Waals surface area contributed by atoms with E-state index in [-0.39, 0.29) is 5.91 Å². The van der Waals surface area contributed by atoms with Crippen LogP contribution in [0.3, 0.4) is 0 Å². The topological polar surface area (TPSA) is 51.3 Å². The van der Waals surface area contributed by atoms with Gasteiger partial charge >= 0.3 is 0 Å². The summed E-state index contributed by atoms with van der Waals surface area (Å²) in [7, 11) is 0. The van der Waals surface area contributed by atoms with Crippen LogP contribution in [0.1, 0.15) is 43.0 Å². The predicted molar refractivity (Wildman–Crippen MR) is 105 cm³/mol. The fourth-order valence-electron chi connectivity index (χ4n) is 3.08. The number of benzene rings is 1. The fourth-order valence-corrected chi connectivity index (χ4v) is 3.08. The molecule has 27 heavy (non-hydrogen) atoms. The van der Waals surface area contributed by atoms with Gasteiger partial charge in [-0.25, -0.2) is 4.98 Å².